The minimum absolute atomic E-state index is 0.0179. The maximum atomic E-state index is 12.9. The van der Waals surface area contributed by atoms with Gasteiger partial charge in [0.1, 0.15) is 0 Å². The van der Waals surface area contributed by atoms with E-state index >= 15 is 0 Å². The van der Waals surface area contributed by atoms with Gasteiger partial charge in [-0.15, -0.1) is 0 Å². The summed E-state index contributed by atoms with van der Waals surface area (Å²) < 4.78 is 0. The number of rotatable bonds is 2. The van der Waals surface area contributed by atoms with Crippen molar-refractivity contribution in [2.75, 3.05) is 0 Å². The van der Waals surface area contributed by atoms with Gasteiger partial charge in [0.15, 0.2) is 0 Å². The third-order valence-electron chi connectivity index (χ3n) is 6.10. The molecule has 6 atom stereocenters. The van der Waals surface area contributed by atoms with Gasteiger partial charge < -0.3 is 0 Å². The van der Waals surface area contributed by atoms with Crippen molar-refractivity contribution < 1.29 is 9.59 Å². The first kappa shape index (κ1) is 14.1. The molecule has 23 heavy (non-hydrogen) atoms. The Hall–Kier alpha value is -1.32. The number of amides is 2. The van der Waals surface area contributed by atoms with Gasteiger partial charge in [-0.05, 0) is 47.8 Å². The monoisotopic (exact) mass is 347 g/mol. The molecule has 5 heteroatoms. The molecule has 1 aliphatic heterocycles. The van der Waals surface area contributed by atoms with Crippen LogP contribution in [0.5, 0.6) is 0 Å². The number of carbonyl (C=O) groups excluding carboxylic acids is 2. The number of carbonyl (C=O) groups is 2. The van der Waals surface area contributed by atoms with Gasteiger partial charge in [-0.3, -0.25) is 14.5 Å². The average Bonchev–Trinajstić information content (AvgIpc) is 3.30. The van der Waals surface area contributed by atoms with E-state index in [-0.39, 0.29) is 42.0 Å². The lowest BCUT2D eigenvalue weighted by atomic mass is 9.63. The highest BCUT2D eigenvalue weighted by Crippen LogP contribution is 2.65. The van der Waals surface area contributed by atoms with E-state index in [1.165, 1.54) is 11.3 Å². The number of allylic oxidation sites excluding steroid dienone is 2. The number of halogens is 2. The van der Waals surface area contributed by atoms with Crippen LogP contribution in [0.3, 0.4) is 0 Å². The fraction of sp³-hybridized carbons (Fsp3) is 0.444. The van der Waals surface area contributed by atoms with E-state index in [2.05, 4.69) is 12.2 Å². The Bertz CT molecular complexity index is 738. The van der Waals surface area contributed by atoms with Gasteiger partial charge in [-0.1, -0.05) is 41.4 Å². The summed E-state index contributed by atoms with van der Waals surface area (Å²) in [5.74, 6) is 1.45. The number of hydrogen-bond acceptors (Lipinski definition) is 2. The average molecular weight is 348 g/mol. The summed E-state index contributed by atoms with van der Waals surface area (Å²) in [5.41, 5.74) is 0.766. The van der Waals surface area contributed by atoms with Gasteiger partial charge in [0.2, 0.25) is 11.8 Å². The van der Waals surface area contributed by atoms with Crippen molar-refractivity contribution in [1.29, 1.82) is 0 Å². The highest BCUT2D eigenvalue weighted by molar-refractivity contribution is 6.35. The van der Waals surface area contributed by atoms with Gasteiger partial charge in [0.25, 0.3) is 0 Å². The topological polar surface area (TPSA) is 37.4 Å². The molecule has 118 valence electrons. The van der Waals surface area contributed by atoms with Gasteiger partial charge in [-0.25, -0.2) is 0 Å². The summed E-state index contributed by atoms with van der Waals surface area (Å²) in [4.78, 5) is 27.2. The third-order valence-corrected chi connectivity index (χ3v) is 6.68. The van der Waals surface area contributed by atoms with Crippen LogP contribution >= 0.6 is 23.2 Å². The first-order valence-corrected chi connectivity index (χ1v) is 8.79. The normalized spacial score (nSPS) is 39.7. The van der Waals surface area contributed by atoms with Crippen LogP contribution in [-0.4, -0.2) is 16.7 Å². The Morgan fingerprint density at radius 2 is 1.61 bits per heavy atom. The second-order valence-corrected chi connectivity index (χ2v) is 8.00. The van der Waals surface area contributed by atoms with E-state index in [4.69, 9.17) is 23.2 Å². The molecule has 2 bridgehead atoms. The fourth-order valence-electron chi connectivity index (χ4n) is 4.99. The van der Waals surface area contributed by atoms with Crippen LogP contribution in [0.1, 0.15) is 12.0 Å². The van der Waals surface area contributed by atoms with Crippen molar-refractivity contribution in [3.05, 3.63) is 46.0 Å². The van der Waals surface area contributed by atoms with E-state index in [9.17, 15) is 9.59 Å². The molecule has 0 spiro atoms. The van der Waals surface area contributed by atoms with Crippen LogP contribution in [0.2, 0.25) is 10.0 Å². The Morgan fingerprint density at radius 3 is 2.17 bits per heavy atom. The molecule has 4 aliphatic carbocycles. The Morgan fingerprint density at radius 1 is 1.00 bits per heavy atom. The van der Waals surface area contributed by atoms with Crippen molar-refractivity contribution >= 4 is 35.0 Å². The lowest BCUT2D eigenvalue weighted by Crippen LogP contribution is -2.40. The molecule has 6 rings (SSSR count). The van der Waals surface area contributed by atoms with Gasteiger partial charge >= 0.3 is 0 Å². The van der Waals surface area contributed by atoms with Crippen molar-refractivity contribution in [3.63, 3.8) is 0 Å². The molecule has 0 N–H and O–H groups in total. The molecule has 5 aliphatic rings. The molecule has 0 unspecified atom stereocenters. The maximum Gasteiger partial charge on any atom is 0.234 e. The molecule has 0 aromatic heterocycles. The van der Waals surface area contributed by atoms with Gasteiger partial charge in [-0.2, -0.15) is 0 Å². The summed E-state index contributed by atoms with van der Waals surface area (Å²) in [7, 11) is 0. The number of imide groups is 1. The number of hydrogen-bond donors (Lipinski definition) is 0. The van der Waals surface area contributed by atoms with Crippen molar-refractivity contribution in [2.45, 2.75) is 13.0 Å². The molecule has 2 saturated carbocycles. The molecule has 1 aromatic carbocycles. The van der Waals surface area contributed by atoms with Crippen LogP contribution in [0.4, 0.5) is 0 Å². The molecule has 2 amide bonds. The Kier molecular flexibility index (Phi) is 2.82. The zero-order valence-corrected chi connectivity index (χ0v) is 13.8. The second-order valence-electron chi connectivity index (χ2n) is 7.15. The maximum absolute atomic E-state index is 12.9. The molecular weight excluding hydrogens is 333 g/mol. The highest BCUT2D eigenvalue weighted by Gasteiger charge is 2.66. The second kappa shape index (κ2) is 4.61. The largest absolute Gasteiger partial charge is 0.278 e. The van der Waals surface area contributed by atoms with Crippen LogP contribution in [0.25, 0.3) is 0 Å². The van der Waals surface area contributed by atoms with E-state index in [0.29, 0.717) is 21.9 Å². The highest BCUT2D eigenvalue weighted by atomic mass is 35.5. The predicted molar refractivity (Wildman–Crippen MR) is 86.7 cm³/mol. The van der Waals surface area contributed by atoms with Crippen molar-refractivity contribution in [3.8, 4) is 0 Å². The predicted octanol–water partition coefficient (Wildman–Crippen LogP) is 3.55. The summed E-state index contributed by atoms with van der Waals surface area (Å²) in [5, 5.41) is 1.05. The molecular formula is C18H15Cl2NO2. The summed E-state index contributed by atoms with van der Waals surface area (Å²) in [6.07, 6.45) is 5.55. The lowest BCUT2D eigenvalue weighted by molar-refractivity contribution is -0.140. The van der Waals surface area contributed by atoms with Gasteiger partial charge in [0.05, 0.1) is 18.4 Å². The third kappa shape index (κ3) is 1.84. The Balaban J connectivity index is 1.47. The molecule has 1 heterocycles. The smallest absolute Gasteiger partial charge is 0.234 e. The molecule has 1 saturated heterocycles. The van der Waals surface area contributed by atoms with Gasteiger partial charge in [0, 0.05) is 10.0 Å². The molecule has 3 nitrogen and oxygen atoms in total. The van der Waals surface area contributed by atoms with E-state index in [0.717, 1.165) is 5.56 Å². The molecule has 3 fully saturated rings. The summed E-state index contributed by atoms with van der Waals surface area (Å²) in [6, 6.07) is 5.18. The summed E-state index contributed by atoms with van der Waals surface area (Å²) >= 11 is 12.1. The van der Waals surface area contributed by atoms with E-state index in [1.807, 2.05) is 0 Å². The first-order chi connectivity index (χ1) is 11.1. The van der Waals surface area contributed by atoms with Crippen molar-refractivity contribution in [2.24, 2.45) is 35.5 Å². The number of likely N-dealkylation sites (tertiary alicyclic amines) is 1. The number of benzene rings is 1. The zero-order valence-electron chi connectivity index (χ0n) is 12.3. The van der Waals surface area contributed by atoms with E-state index < -0.39 is 0 Å². The SMILES string of the molecule is O=C1[C@@H]2[C@H]3C=C[C@@H]([C@@H]4C[C@@H]34)[C@H]2C(=O)N1Cc1ccc(Cl)cc1Cl. The molecule has 1 aromatic rings. The summed E-state index contributed by atoms with van der Waals surface area (Å²) in [6.45, 7) is 0.245. The number of nitrogens with zero attached hydrogens (tertiary/aromatic N) is 1. The van der Waals surface area contributed by atoms with Crippen LogP contribution in [0.15, 0.2) is 30.4 Å². The lowest BCUT2D eigenvalue weighted by Gasteiger charge is -2.37. The van der Waals surface area contributed by atoms with Crippen molar-refractivity contribution in [1.82, 2.24) is 4.90 Å². The first-order valence-electron chi connectivity index (χ1n) is 8.04. The fourth-order valence-corrected chi connectivity index (χ4v) is 5.46. The van der Waals surface area contributed by atoms with E-state index in [1.54, 1.807) is 18.2 Å². The quantitative estimate of drug-likeness (QED) is 0.606. The standard InChI is InChI=1S/C18H15Cl2NO2/c19-9-2-1-8(14(20)5-9)7-21-17(22)15-10-3-4-11(13-6-12(10)13)16(15)18(21)23/h1-5,10-13,15-16H,6-7H2/t10-,11-,12-,13-,15+,16+/m0/s1. The van der Waals surface area contributed by atoms with Crippen LogP contribution < -0.4 is 0 Å². The minimum Gasteiger partial charge on any atom is -0.278 e. The van der Waals surface area contributed by atoms with Crippen LogP contribution in [-0.2, 0) is 16.1 Å². The van der Waals surface area contributed by atoms with Crippen LogP contribution in [0, 0.1) is 35.5 Å². The molecule has 0 radical (unpaired) electrons. The Labute approximate surface area is 144 Å². The minimum atomic E-state index is -0.146. The zero-order chi connectivity index (χ0) is 15.9.